The summed E-state index contributed by atoms with van der Waals surface area (Å²) in [6.45, 7) is 6.36. The largest absolute Gasteiger partial charge is 0.445 e. The molecule has 4 aromatic carbocycles. The zero-order valence-corrected chi connectivity index (χ0v) is 21.1. The number of hydrogen-bond acceptors (Lipinski definition) is 4. The summed E-state index contributed by atoms with van der Waals surface area (Å²) >= 11 is 0. The zero-order valence-electron chi connectivity index (χ0n) is 21.1. The molecule has 0 aromatic heterocycles. The van der Waals surface area contributed by atoms with Crippen molar-refractivity contribution in [2.24, 2.45) is 0 Å². The minimum absolute atomic E-state index is 0.00464. The number of amides is 1. The molecule has 4 aromatic rings. The summed E-state index contributed by atoms with van der Waals surface area (Å²) in [4.78, 5) is 38.8. The van der Waals surface area contributed by atoms with Crippen molar-refractivity contribution in [3.8, 4) is 0 Å². The summed E-state index contributed by atoms with van der Waals surface area (Å²) in [5.74, 6) is -1.18. The number of benzene rings is 4. The molecular formula is C32H29NO4. The Morgan fingerprint density at radius 3 is 1.76 bits per heavy atom. The molecule has 0 aliphatic heterocycles. The predicted molar refractivity (Wildman–Crippen MR) is 145 cm³/mol. The smallest absolute Gasteiger partial charge is 0.339 e. The summed E-state index contributed by atoms with van der Waals surface area (Å²) in [5.41, 5.74) is 3.55. The van der Waals surface area contributed by atoms with Crippen molar-refractivity contribution < 1.29 is 19.1 Å². The fraction of sp³-hybridized carbons (Fsp3) is 0.156. The summed E-state index contributed by atoms with van der Waals surface area (Å²) in [7, 11) is 0. The molecule has 4 rings (SSSR count). The number of Topliss-reactive ketones (excluding diaryl/α,β-unsaturated/α-hetero) is 1. The van der Waals surface area contributed by atoms with Crippen LogP contribution in [0.1, 0.15) is 69.1 Å². The molecular weight excluding hydrogens is 462 g/mol. The molecule has 186 valence electrons. The summed E-state index contributed by atoms with van der Waals surface area (Å²) in [6, 6.07) is 31.6. The van der Waals surface area contributed by atoms with Gasteiger partial charge in [-0.15, -0.1) is 0 Å². The Morgan fingerprint density at radius 2 is 1.19 bits per heavy atom. The number of rotatable bonds is 7. The monoisotopic (exact) mass is 491 g/mol. The maximum atomic E-state index is 13.2. The Morgan fingerprint density at radius 1 is 0.649 bits per heavy atom. The van der Waals surface area contributed by atoms with Gasteiger partial charge >= 0.3 is 5.97 Å². The molecule has 0 saturated heterocycles. The van der Waals surface area contributed by atoms with Crippen LogP contribution in [0.15, 0.2) is 109 Å². The molecule has 0 fully saturated rings. The van der Waals surface area contributed by atoms with Crippen molar-refractivity contribution >= 4 is 23.3 Å². The van der Waals surface area contributed by atoms with Crippen LogP contribution < -0.4 is 5.32 Å². The van der Waals surface area contributed by atoms with Crippen LogP contribution in [0.3, 0.4) is 0 Å². The standard InChI is InChI=1S/C32H29NO4/c1-32(2,3)26-18-14-24(15-19-26)30(35)33-27-20-16-25(17-21-27)31(36)37-29(23-12-8-5-9-13-23)28(34)22-10-6-4-7-11-22/h4-21,29H,1-3H3,(H,33,35)/t29-/m1/s1. The summed E-state index contributed by atoms with van der Waals surface area (Å²) in [5, 5.41) is 2.84. The Labute approximate surface area is 217 Å². The first-order chi connectivity index (χ1) is 17.7. The molecule has 0 bridgehead atoms. The lowest BCUT2D eigenvalue weighted by Gasteiger charge is -2.19. The third-order valence-corrected chi connectivity index (χ3v) is 6.02. The third-order valence-electron chi connectivity index (χ3n) is 6.02. The normalized spacial score (nSPS) is 11.9. The van der Waals surface area contributed by atoms with Crippen LogP contribution in [0.25, 0.3) is 0 Å². The molecule has 0 heterocycles. The predicted octanol–water partition coefficient (Wildman–Crippen LogP) is 7.02. The lowest BCUT2D eigenvalue weighted by atomic mass is 9.87. The Hall–Kier alpha value is -4.51. The molecule has 37 heavy (non-hydrogen) atoms. The SMILES string of the molecule is CC(C)(C)c1ccc(C(=O)Nc2ccc(C(=O)O[C@@H](C(=O)c3ccccc3)c3ccccc3)cc2)cc1. The summed E-state index contributed by atoms with van der Waals surface area (Å²) in [6.07, 6.45) is -1.08. The van der Waals surface area contributed by atoms with Crippen LogP contribution in [0.5, 0.6) is 0 Å². The van der Waals surface area contributed by atoms with E-state index in [0.717, 1.165) is 5.56 Å². The molecule has 0 saturated carbocycles. The van der Waals surface area contributed by atoms with E-state index >= 15 is 0 Å². The maximum absolute atomic E-state index is 13.2. The van der Waals surface area contributed by atoms with Gasteiger partial charge in [0.15, 0.2) is 6.10 Å². The lowest BCUT2D eigenvalue weighted by molar-refractivity contribution is 0.0280. The van der Waals surface area contributed by atoms with Gasteiger partial charge in [0.05, 0.1) is 5.56 Å². The fourth-order valence-electron chi connectivity index (χ4n) is 3.84. The molecule has 0 radical (unpaired) electrons. The van der Waals surface area contributed by atoms with E-state index in [-0.39, 0.29) is 22.7 Å². The Balaban J connectivity index is 1.46. The van der Waals surface area contributed by atoms with E-state index in [4.69, 9.17) is 4.74 Å². The van der Waals surface area contributed by atoms with Crippen LogP contribution in [0, 0.1) is 0 Å². The van der Waals surface area contributed by atoms with Crippen molar-refractivity contribution in [3.63, 3.8) is 0 Å². The number of carbonyl (C=O) groups excluding carboxylic acids is 3. The molecule has 0 aliphatic carbocycles. The minimum Gasteiger partial charge on any atom is -0.445 e. The van der Waals surface area contributed by atoms with E-state index in [1.807, 2.05) is 24.3 Å². The van der Waals surface area contributed by atoms with Gasteiger partial charge in [0, 0.05) is 22.4 Å². The van der Waals surface area contributed by atoms with E-state index in [2.05, 4.69) is 26.1 Å². The van der Waals surface area contributed by atoms with Crippen molar-refractivity contribution in [2.75, 3.05) is 5.32 Å². The quantitative estimate of drug-likeness (QED) is 0.223. The molecule has 5 heteroatoms. The van der Waals surface area contributed by atoms with Gasteiger partial charge in [0.1, 0.15) is 0 Å². The zero-order chi connectivity index (χ0) is 26.4. The third kappa shape index (κ3) is 6.39. The van der Waals surface area contributed by atoms with Gasteiger partial charge in [0.2, 0.25) is 5.78 Å². The highest BCUT2D eigenvalue weighted by molar-refractivity contribution is 6.05. The first-order valence-electron chi connectivity index (χ1n) is 12.1. The van der Waals surface area contributed by atoms with Crippen LogP contribution >= 0.6 is 0 Å². The summed E-state index contributed by atoms with van der Waals surface area (Å²) < 4.78 is 5.69. The molecule has 1 atom stereocenters. The Kier molecular flexibility index (Phi) is 7.63. The van der Waals surface area contributed by atoms with E-state index < -0.39 is 12.1 Å². The molecule has 1 N–H and O–H groups in total. The van der Waals surface area contributed by atoms with Crippen LogP contribution in [-0.2, 0) is 10.2 Å². The number of esters is 1. The fourth-order valence-corrected chi connectivity index (χ4v) is 3.84. The number of ketones is 1. The minimum atomic E-state index is -1.08. The van der Waals surface area contributed by atoms with Gasteiger partial charge in [-0.05, 0) is 47.4 Å². The molecule has 1 amide bonds. The number of ether oxygens (including phenoxy) is 1. The van der Waals surface area contributed by atoms with Gasteiger partial charge in [-0.1, -0.05) is 93.6 Å². The van der Waals surface area contributed by atoms with Crippen molar-refractivity contribution in [1.29, 1.82) is 0 Å². The Bertz CT molecular complexity index is 1370. The first kappa shape index (κ1) is 25.6. The second-order valence-corrected chi connectivity index (χ2v) is 9.79. The maximum Gasteiger partial charge on any atom is 0.339 e. The van der Waals surface area contributed by atoms with Crippen molar-refractivity contribution in [1.82, 2.24) is 0 Å². The number of hydrogen-bond donors (Lipinski definition) is 1. The van der Waals surface area contributed by atoms with Crippen LogP contribution in [-0.4, -0.2) is 17.7 Å². The van der Waals surface area contributed by atoms with Gasteiger partial charge in [-0.2, -0.15) is 0 Å². The average molecular weight is 492 g/mol. The van der Waals surface area contributed by atoms with Gasteiger partial charge in [0.25, 0.3) is 5.91 Å². The van der Waals surface area contributed by atoms with Crippen molar-refractivity contribution in [3.05, 3.63) is 137 Å². The second-order valence-electron chi connectivity index (χ2n) is 9.79. The highest BCUT2D eigenvalue weighted by atomic mass is 16.5. The van der Waals surface area contributed by atoms with E-state index in [9.17, 15) is 14.4 Å². The highest BCUT2D eigenvalue weighted by Gasteiger charge is 2.26. The lowest BCUT2D eigenvalue weighted by Crippen LogP contribution is -2.20. The van der Waals surface area contributed by atoms with Gasteiger partial charge in [-0.25, -0.2) is 4.79 Å². The highest BCUT2D eigenvalue weighted by Crippen LogP contribution is 2.25. The van der Waals surface area contributed by atoms with E-state index in [1.54, 1.807) is 84.9 Å². The molecule has 0 aliphatic rings. The second kappa shape index (κ2) is 11.0. The van der Waals surface area contributed by atoms with Gasteiger partial charge in [-0.3, -0.25) is 9.59 Å². The number of nitrogens with one attached hydrogen (secondary N) is 1. The van der Waals surface area contributed by atoms with E-state index in [0.29, 0.717) is 22.4 Å². The topological polar surface area (TPSA) is 72.5 Å². The number of anilines is 1. The van der Waals surface area contributed by atoms with E-state index in [1.165, 1.54) is 0 Å². The first-order valence-corrected chi connectivity index (χ1v) is 12.1. The van der Waals surface area contributed by atoms with Crippen LogP contribution in [0.2, 0.25) is 0 Å². The molecule has 5 nitrogen and oxygen atoms in total. The average Bonchev–Trinajstić information content (AvgIpc) is 2.92. The van der Waals surface area contributed by atoms with Crippen LogP contribution in [0.4, 0.5) is 5.69 Å². The number of carbonyl (C=O) groups is 3. The molecule has 0 unspecified atom stereocenters. The van der Waals surface area contributed by atoms with Gasteiger partial charge < -0.3 is 10.1 Å². The van der Waals surface area contributed by atoms with Crippen molar-refractivity contribution in [2.45, 2.75) is 32.3 Å². The molecule has 0 spiro atoms.